The maximum absolute atomic E-state index is 9.84. The van der Waals surface area contributed by atoms with Crippen LogP contribution in [-0.4, -0.2) is 39.4 Å². The first-order chi connectivity index (χ1) is 3.98. The van der Waals surface area contributed by atoms with Gasteiger partial charge in [-0.15, -0.1) is 0 Å². The van der Waals surface area contributed by atoms with Gasteiger partial charge in [0.05, 0.1) is 0 Å². The highest BCUT2D eigenvalue weighted by Gasteiger charge is 2.23. The van der Waals surface area contributed by atoms with Crippen LogP contribution in [0.3, 0.4) is 0 Å². The molecule has 0 aliphatic heterocycles. The number of rotatable bonds is 3. The third-order valence-electron chi connectivity index (χ3n) is 0.895. The summed E-state index contributed by atoms with van der Waals surface area (Å²) >= 11 is 0. The first-order valence-electron chi connectivity index (χ1n) is 2.52. The van der Waals surface area contributed by atoms with Gasteiger partial charge in [-0.25, -0.2) is 4.79 Å². The van der Waals surface area contributed by atoms with Gasteiger partial charge in [0.15, 0.2) is 0 Å². The van der Waals surface area contributed by atoms with Crippen molar-refractivity contribution in [1.82, 2.24) is 0 Å². The molecule has 5 nitrogen and oxygen atoms in total. The first-order valence-corrected chi connectivity index (χ1v) is 2.52. The van der Waals surface area contributed by atoms with E-state index in [4.69, 9.17) is 15.5 Å². The van der Waals surface area contributed by atoms with Crippen molar-refractivity contribution in [3.05, 3.63) is 0 Å². The Labute approximate surface area is 52.3 Å². The molecule has 0 spiro atoms. The van der Waals surface area contributed by atoms with E-state index in [-0.39, 0.29) is 6.54 Å². The van der Waals surface area contributed by atoms with Crippen molar-refractivity contribution in [1.29, 1.82) is 0 Å². The van der Waals surface area contributed by atoms with Gasteiger partial charge >= 0.3 is 5.97 Å². The van der Waals surface area contributed by atoms with Crippen LogP contribution in [0.5, 0.6) is 0 Å². The van der Waals surface area contributed by atoms with Crippen LogP contribution in [0.25, 0.3) is 0 Å². The zero-order valence-electron chi connectivity index (χ0n) is 5.11. The van der Waals surface area contributed by atoms with E-state index in [2.05, 4.69) is 0 Å². The quantitative estimate of drug-likeness (QED) is 0.367. The van der Waals surface area contributed by atoms with E-state index in [9.17, 15) is 4.79 Å². The molecule has 0 radical (unpaired) electrons. The lowest BCUT2D eigenvalue weighted by Gasteiger charge is -2.15. The van der Waals surface area contributed by atoms with Crippen molar-refractivity contribution < 1.29 is 25.1 Å². The van der Waals surface area contributed by atoms with E-state index < -0.39 is 17.3 Å². The molecule has 54 valence electrons. The standard InChI is InChI=1S/C4H9NO4/c1-2-5(8,9)3-4(6)7/h8-9H,2-3H2,1H3/p+1. The fourth-order valence-electron chi connectivity index (χ4n) is 0.328. The zero-order valence-corrected chi connectivity index (χ0v) is 5.11. The Bertz CT molecular complexity index is 111. The van der Waals surface area contributed by atoms with E-state index in [1.54, 1.807) is 0 Å². The predicted molar refractivity (Wildman–Crippen MR) is 26.9 cm³/mol. The van der Waals surface area contributed by atoms with Crippen molar-refractivity contribution >= 4 is 5.97 Å². The average molecular weight is 136 g/mol. The minimum atomic E-state index is -1.45. The second kappa shape index (κ2) is 2.77. The van der Waals surface area contributed by atoms with E-state index in [1.807, 2.05) is 0 Å². The monoisotopic (exact) mass is 136 g/mol. The summed E-state index contributed by atoms with van der Waals surface area (Å²) < 4.78 is 0. The topological polar surface area (TPSA) is 77.8 Å². The lowest BCUT2D eigenvalue weighted by molar-refractivity contribution is -1.24. The molecule has 0 aromatic heterocycles. The predicted octanol–water partition coefficient (Wildman–Crippen LogP) is -0.314. The summed E-state index contributed by atoms with van der Waals surface area (Å²) in [5.74, 6) is -1.23. The van der Waals surface area contributed by atoms with Crippen molar-refractivity contribution in [2.24, 2.45) is 0 Å². The second-order valence-corrected chi connectivity index (χ2v) is 1.75. The molecule has 0 bridgehead atoms. The lowest BCUT2D eigenvalue weighted by Crippen LogP contribution is -2.44. The highest BCUT2D eigenvalue weighted by atomic mass is 16.8. The lowest BCUT2D eigenvalue weighted by atomic mass is 10.6. The van der Waals surface area contributed by atoms with Gasteiger partial charge in [0.2, 0.25) is 6.54 Å². The molecule has 0 heterocycles. The molecule has 0 aromatic rings. The van der Waals surface area contributed by atoms with Gasteiger partial charge in [-0.05, 0) is 11.7 Å². The molecule has 0 rings (SSSR count). The maximum atomic E-state index is 9.84. The molecule has 0 amide bonds. The minimum Gasteiger partial charge on any atom is -0.477 e. The molecule has 0 fully saturated rings. The van der Waals surface area contributed by atoms with Crippen LogP contribution in [0.1, 0.15) is 6.92 Å². The molecule has 9 heavy (non-hydrogen) atoms. The number of carbonyl (C=O) groups is 1. The highest BCUT2D eigenvalue weighted by Crippen LogP contribution is 1.91. The number of likely N-dealkylation sites (N-methyl/N-ethyl adjacent to an activating group) is 1. The summed E-state index contributed by atoms with van der Waals surface area (Å²) in [6.45, 7) is 0.756. The number of hydrogen-bond donors (Lipinski definition) is 3. The number of nitrogens with zero attached hydrogens (tertiary/aromatic N) is 1. The fourth-order valence-corrected chi connectivity index (χ4v) is 0.328. The number of hydrogen-bond acceptors (Lipinski definition) is 3. The zero-order chi connectivity index (χ0) is 7.49. The minimum absolute atomic E-state index is 0.0354. The van der Waals surface area contributed by atoms with Gasteiger partial charge in [-0.1, -0.05) is 0 Å². The number of carboxylic acids is 1. The summed E-state index contributed by atoms with van der Waals surface area (Å²) in [7, 11) is 0. The third-order valence-corrected chi connectivity index (χ3v) is 0.895. The third kappa shape index (κ3) is 3.89. The van der Waals surface area contributed by atoms with Gasteiger partial charge in [0.1, 0.15) is 6.54 Å². The van der Waals surface area contributed by atoms with Crippen molar-refractivity contribution in [3.63, 3.8) is 0 Å². The Hall–Kier alpha value is -0.650. The maximum Gasteiger partial charge on any atom is 0.365 e. The number of hydroxylamine groups is 4. The summed E-state index contributed by atoms with van der Waals surface area (Å²) in [4.78, 5) is 8.39. The fraction of sp³-hybridized carbons (Fsp3) is 0.750. The summed E-state index contributed by atoms with van der Waals surface area (Å²) in [6, 6.07) is 0. The average Bonchev–Trinajstić information content (AvgIpc) is 1.63. The summed E-state index contributed by atoms with van der Waals surface area (Å²) in [5, 5.41) is 25.3. The van der Waals surface area contributed by atoms with Gasteiger partial charge in [0.25, 0.3) is 0 Å². The number of aliphatic carboxylic acids is 1. The Balaban J connectivity index is 3.71. The Kier molecular flexibility index (Phi) is 2.57. The number of quaternary nitrogens is 1. The van der Waals surface area contributed by atoms with E-state index in [1.165, 1.54) is 6.92 Å². The van der Waals surface area contributed by atoms with E-state index >= 15 is 0 Å². The summed E-state index contributed by atoms with van der Waals surface area (Å²) in [5.41, 5.74) is 0. The van der Waals surface area contributed by atoms with Crippen LogP contribution < -0.4 is 0 Å². The largest absolute Gasteiger partial charge is 0.477 e. The molecule has 5 heteroatoms. The van der Waals surface area contributed by atoms with Crippen molar-refractivity contribution in [3.8, 4) is 0 Å². The molecular weight excluding hydrogens is 126 g/mol. The molecule has 0 aliphatic rings. The summed E-state index contributed by atoms with van der Waals surface area (Å²) in [6.07, 6.45) is 0. The Morgan fingerprint density at radius 2 is 2.00 bits per heavy atom. The molecule has 0 atom stereocenters. The molecule has 0 unspecified atom stereocenters. The first kappa shape index (κ1) is 8.35. The molecule has 0 aromatic carbocycles. The normalized spacial score (nSPS) is 11.4. The highest BCUT2D eigenvalue weighted by molar-refractivity contribution is 5.67. The van der Waals surface area contributed by atoms with Gasteiger partial charge in [-0.2, -0.15) is 10.4 Å². The number of carboxylic acid groups (broad SMARTS) is 1. The molecular formula is C4H10NO4+. The van der Waals surface area contributed by atoms with Crippen molar-refractivity contribution in [2.45, 2.75) is 6.92 Å². The van der Waals surface area contributed by atoms with Crippen LogP contribution in [-0.2, 0) is 4.79 Å². The van der Waals surface area contributed by atoms with Crippen LogP contribution in [0.15, 0.2) is 0 Å². The van der Waals surface area contributed by atoms with Crippen LogP contribution >= 0.6 is 0 Å². The van der Waals surface area contributed by atoms with Crippen molar-refractivity contribution in [2.75, 3.05) is 13.1 Å². The second-order valence-electron chi connectivity index (χ2n) is 1.75. The van der Waals surface area contributed by atoms with Crippen LogP contribution in [0, 0.1) is 0 Å². The van der Waals surface area contributed by atoms with Gasteiger partial charge in [0, 0.05) is 0 Å². The molecule has 0 saturated carbocycles. The van der Waals surface area contributed by atoms with Crippen LogP contribution in [0.2, 0.25) is 0 Å². The Morgan fingerprint density at radius 3 is 2.11 bits per heavy atom. The molecule has 0 saturated heterocycles. The van der Waals surface area contributed by atoms with E-state index in [0.717, 1.165) is 0 Å². The van der Waals surface area contributed by atoms with Gasteiger partial charge < -0.3 is 5.11 Å². The molecule has 3 N–H and O–H groups in total. The van der Waals surface area contributed by atoms with Crippen LogP contribution in [0.4, 0.5) is 0 Å². The SMILES string of the molecule is CC[N+](O)(O)CC(=O)O. The Morgan fingerprint density at radius 1 is 1.56 bits per heavy atom. The van der Waals surface area contributed by atoms with E-state index in [0.29, 0.717) is 0 Å². The molecule has 0 aliphatic carbocycles. The van der Waals surface area contributed by atoms with Gasteiger partial charge in [-0.3, -0.25) is 0 Å². The smallest absolute Gasteiger partial charge is 0.365 e.